The van der Waals surface area contributed by atoms with Crippen LogP contribution in [0.2, 0.25) is 0 Å². The van der Waals surface area contributed by atoms with E-state index in [0.717, 1.165) is 89.2 Å². The van der Waals surface area contributed by atoms with Crippen molar-refractivity contribution in [1.82, 2.24) is 14.5 Å². The summed E-state index contributed by atoms with van der Waals surface area (Å²) in [5.41, 5.74) is 16.4. The summed E-state index contributed by atoms with van der Waals surface area (Å²) in [6.45, 7) is 13.3. The van der Waals surface area contributed by atoms with Gasteiger partial charge in [0.2, 0.25) is 0 Å². The number of hydrogen-bond donors (Lipinski definition) is 1. The Balaban J connectivity index is 1.15. The van der Waals surface area contributed by atoms with Crippen LogP contribution in [0, 0.1) is 0 Å². The van der Waals surface area contributed by atoms with E-state index in [-0.39, 0.29) is 23.3 Å². The normalized spacial score (nSPS) is 12.8. The van der Waals surface area contributed by atoms with E-state index in [1.807, 2.05) is 36.5 Å². The molecule has 0 spiro atoms. The Morgan fingerprint density at radius 1 is 0.507 bits per heavy atom. The average Bonchev–Trinajstić information content (AvgIpc) is 3.75. The second-order valence-corrected chi connectivity index (χ2v) is 20.4. The molecule has 4 heterocycles. The summed E-state index contributed by atoms with van der Waals surface area (Å²) < 4.78 is 15.9. The topological polar surface area (TPSA) is 69.4 Å². The van der Waals surface area contributed by atoms with Crippen LogP contribution in [0.4, 0.5) is 0 Å². The summed E-state index contributed by atoms with van der Waals surface area (Å²) >= 11 is 0. The molecule has 7 heteroatoms. The number of rotatable bonds is 6. The second-order valence-electron chi connectivity index (χ2n) is 20.4. The fourth-order valence-corrected chi connectivity index (χ4v) is 10.2. The lowest BCUT2D eigenvalue weighted by Gasteiger charge is -2.34. The summed E-state index contributed by atoms with van der Waals surface area (Å²) in [4.78, 5) is 10.7. The monoisotopic (exact) mass is 895 g/mol. The smallest absolute Gasteiger partial charge is 0.260 e. The van der Waals surface area contributed by atoms with E-state index in [1.54, 1.807) is 6.07 Å². The number of para-hydroxylation sites is 3. The number of ether oxygens (including phenoxy) is 2. The number of nitrogens with zero attached hydrogens (tertiary/aromatic N) is 3. The lowest BCUT2D eigenvalue weighted by molar-refractivity contribution is 0.440. The van der Waals surface area contributed by atoms with Gasteiger partial charge in [0.1, 0.15) is 34.3 Å². The summed E-state index contributed by atoms with van der Waals surface area (Å²) in [6, 6.07) is 63.3. The highest BCUT2D eigenvalue weighted by molar-refractivity contribution is 6.98. The lowest BCUT2D eigenvalue weighted by atomic mass is 9.34. The van der Waals surface area contributed by atoms with Crippen molar-refractivity contribution in [3.8, 4) is 90.5 Å². The Morgan fingerprint density at radius 3 is 1.87 bits per heavy atom. The maximum Gasteiger partial charge on any atom is 0.260 e. The number of hydrogen-bond acceptors (Lipinski definition) is 5. The van der Waals surface area contributed by atoms with Crippen molar-refractivity contribution in [2.24, 2.45) is 0 Å². The fraction of sp³-hybridized carbons (Fsp3) is 0.129. The molecule has 0 unspecified atom stereocenters. The average molecular weight is 896 g/mol. The molecule has 10 aromatic rings. The van der Waals surface area contributed by atoms with Gasteiger partial charge < -0.3 is 14.6 Å². The van der Waals surface area contributed by atoms with Crippen LogP contribution in [-0.4, -0.2) is 26.4 Å². The Bertz CT molecular complexity index is 3650. The number of imidazole rings is 1. The third kappa shape index (κ3) is 7.19. The third-order valence-corrected chi connectivity index (χ3v) is 13.8. The van der Waals surface area contributed by atoms with E-state index in [4.69, 9.17) is 19.4 Å². The summed E-state index contributed by atoms with van der Waals surface area (Å²) in [5, 5.41) is 12.6. The molecule has 0 saturated heterocycles. The van der Waals surface area contributed by atoms with Crippen molar-refractivity contribution in [3.63, 3.8) is 0 Å². The van der Waals surface area contributed by atoms with E-state index in [2.05, 4.69) is 192 Å². The summed E-state index contributed by atoms with van der Waals surface area (Å²) in [5.74, 6) is 3.12. The van der Waals surface area contributed by atoms with Gasteiger partial charge in [-0.15, -0.1) is 0 Å². The molecule has 12 rings (SSSR count). The van der Waals surface area contributed by atoms with Crippen LogP contribution in [0.3, 0.4) is 0 Å². The minimum Gasteiger partial charge on any atom is -0.507 e. The van der Waals surface area contributed by atoms with Gasteiger partial charge in [-0.3, -0.25) is 9.55 Å². The van der Waals surface area contributed by atoms with Gasteiger partial charge >= 0.3 is 0 Å². The van der Waals surface area contributed by atoms with Crippen molar-refractivity contribution in [3.05, 3.63) is 199 Å². The third-order valence-electron chi connectivity index (χ3n) is 13.8. The maximum absolute atomic E-state index is 12.6. The van der Waals surface area contributed by atoms with Crippen molar-refractivity contribution in [1.29, 1.82) is 0 Å². The molecule has 0 radical (unpaired) electrons. The van der Waals surface area contributed by atoms with Gasteiger partial charge in [0.15, 0.2) is 5.82 Å². The first kappa shape index (κ1) is 42.2. The van der Waals surface area contributed by atoms with Gasteiger partial charge in [-0.25, -0.2) is 4.98 Å². The molecule has 0 amide bonds. The molecule has 0 saturated carbocycles. The van der Waals surface area contributed by atoms with E-state index < -0.39 is 0 Å². The standard InChI is InChI=1S/C62H50BN3O3/c1-61(2,3)43-28-29-50(46(36-43)39-20-11-8-12-21-39)66-51-25-17-22-45(41-32-42(34-44(33-41)62(4,5)6)49-35-40(30-31-64-49)38-18-9-7-10-19-38)58(51)65-60(66)56-52(67)37-55-57-59(56)69-54-27-16-14-24-48(54)63(57)47-23-13-15-26-53(47)68-55/h7-37,67H,1-6H3. The van der Waals surface area contributed by atoms with Crippen LogP contribution in [0.25, 0.3) is 72.7 Å². The molecule has 0 atom stereocenters. The number of phenolic OH excluding ortho intramolecular Hbond substituents is 1. The van der Waals surface area contributed by atoms with E-state index in [9.17, 15) is 5.11 Å². The molecular formula is C62H50BN3O3. The maximum atomic E-state index is 12.6. The zero-order valence-corrected chi connectivity index (χ0v) is 39.6. The Kier molecular flexibility index (Phi) is 9.78. The number of aromatic hydroxyl groups is 1. The van der Waals surface area contributed by atoms with Gasteiger partial charge in [-0.2, -0.15) is 0 Å². The molecule has 8 aromatic carbocycles. The highest BCUT2D eigenvalue weighted by Gasteiger charge is 2.43. The Labute approximate surface area is 403 Å². The molecule has 0 aliphatic carbocycles. The van der Waals surface area contributed by atoms with Crippen LogP contribution < -0.4 is 25.9 Å². The molecule has 2 aromatic heterocycles. The van der Waals surface area contributed by atoms with Crippen molar-refractivity contribution < 1.29 is 14.6 Å². The minimum absolute atomic E-state index is 0.00771. The zero-order chi connectivity index (χ0) is 47.2. The van der Waals surface area contributed by atoms with Crippen molar-refractivity contribution >= 4 is 34.1 Å². The van der Waals surface area contributed by atoms with Crippen molar-refractivity contribution in [2.75, 3.05) is 0 Å². The Hall–Kier alpha value is -8.16. The predicted octanol–water partition coefficient (Wildman–Crippen LogP) is 13.8. The van der Waals surface area contributed by atoms with Crippen molar-refractivity contribution in [2.45, 2.75) is 52.4 Å². The first-order valence-corrected chi connectivity index (χ1v) is 23.7. The molecule has 334 valence electrons. The minimum atomic E-state index is -0.198. The van der Waals surface area contributed by atoms with Crippen LogP contribution >= 0.6 is 0 Å². The quantitative estimate of drug-likeness (QED) is 0.168. The molecular weight excluding hydrogens is 846 g/mol. The van der Waals surface area contributed by atoms with E-state index >= 15 is 0 Å². The first-order valence-electron chi connectivity index (χ1n) is 23.7. The molecule has 2 aliphatic heterocycles. The SMILES string of the molecule is CC(C)(C)c1cc(-c2cc(-c3ccccc3)ccn2)cc(-c2cccc3c2nc(-c2c(O)cc4c5c2Oc2ccccc2B5c2ccccc2O4)n3-c2ccc(C(C)(C)C)cc2-c2ccccc2)c1. The van der Waals surface area contributed by atoms with Gasteiger partial charge in [-0.05, 0) is 110 Å². The van der Waals surface area contributed by atoms with E-state index in [1.165, 1.54) is 11.1 Å². The lowest BCUT2D eigenvalue weighted by Crippen LogP contribution is -2.57. The number of phenols is 1. The van der Waals surface area contributed by atoms with Gasteiger partial charge in [0.25, 0.3) is 6.71 Å². The van der Waals surface area contributed by atoms with Crippen LogP contribution in [-0.2, 0) is 10.8 Å². The predicted molar refractivity (Wildman–Crippen MR) is 283 cm³/mol. The number of fused-ring (bicyclic) bond motifs is 5. The summed E-state index contributed by atoms with van der Waals surface area (Å²) in [6.07, 6.45) is 1.90. The highest BCUT2D eigenvalue weighted by Crippen LogP contribution is 2.49. The fourth-order valence-electron chi connectivity index (χ4n) is 10.2. The van der Waals surface area contributed by atoms with Gasteiger partial charge in [0.05, 0.1) is 22.4 Å². The highest BCUT2D eigenvalue weighted by atomic mass is 16.5. The van der Waals surface area contributed by atoms with Gasteiger partial charge in [-0.1, -0.05) is 163 Å². The largest absolute Gasteiger partial charge is 0.507 e. The molecule has 69 heavy (non-hydrogen) atoms. The van der Waals surface area contributed by atoms with Gasteiger partial charge in [0, 0.05) is 34.4 Å². The van der Waals surface area contributed by atoms with Crippen LogP contribution in [0.5, 0.6) is 28.7 Å². The summed E-state index contributed by atoms with van der Waals surface area (Å²) in [7, 11) is 0. The molecule has 2 aliphatic rings. The number of benzene rings is 8. The van der Waals surface area contributed by atoms with E-state index in [0.29, 0.717) is 22.9 Å². The first-order chi connectivity index (χ1) is 33.4. The molecule has 1 N–H and O–H groups in total. The molecule has 0 bridgehead atoms. The zero-order valence-electron chi connectivity index (χ0n) is 39.6. The Morgan fingerprint density at radius 2 is 1.16 bits per heavy atom. The number of pyridine rings is 1. The second kappa shape index (κ2) is 16.0. The van der Waals surface area contributed by atoms with Crippen LogP contribution in [0.15, 0.2) is 188 Å². The number of aromatic nitrogens is 3. The molecule has 0 fully saturated rings. The van der Waals surface area contributed by atoms with Crippen LogP contribution in [0.1, 0.15) is 52.7 Å². The molecule has 6 nitrogen and oxygen atoms in total.